The highest BCUT2D eigenvalue weighted by molar-refractivity contribution is 5.30. The lowest BCUT2D eigenvalue weighted by atomic mass is 9.88. The van der Waals surface area contributed by atoms with E-state index < -0.39 is 6.10 Å². The number of aliphatic hydroxyl groups excluding tert-OH is 2. The molecule has 4 rings (SSSR count). The SMILES string of the molecule is Cc1cccc(C[C@@H](O)/C=C/[C@@H]2[C@H]3CC(Cc4ccc(CN)cc4)=C[C@H]3C[C@H]2O)c1. The summed E-state index contributed by atoms with van der Waals surface area (Å²) in [5, 5.41) is 21.1. The molecule has 0 radical (unpaired) electrons. The van der Waals surface area contributed by atoms with Gasteiger partial charge in [-0.3, -0.25) is 0 Å². The van der Waals surface area contributed by atoms with Crippen molar-refractivity contribution in [1.29, 1.82) is 0 Å². The van der Waals surface area contributed by atoms with Gasteiger partial charge in [0.2, 0.25) is 0 Å². The van der Waals surface area contributed by atoms with E-state index in [-0.39, 0.29) is 12.0 Å². The molecule has 1 fully saturated rings. The smallest absolute Gasteiger partial charge is 0.0761 e. The summed E-state index contributed by atoms with van der Waals surface area (Å²) >= 11 is 0. The van der Waals surface area contributed by atoms with Crippen molar-refractivity contribution in [2.45, 2.75) is 51.4 Å². The highest BCUT2D eigenvalue weighted by Gasteiger charge is 2.43. The van der Waals surface area contributed by atoms with Gasteiger partial charge in [0.15, 0.2) is 0 Å². The maximum absolute atomic E-state index is 10.6. The summed E-state index contributed by atoms with van der Waals surface area (Å²) in [6.07, 6.45) is 8.95. The van der Waals surface area contributed by atoms with Gasteiger partial charge < -0.3 is 15.9 Å². The van der Waals surface area contributed by atoms with E-state index in [2.05, 4.69) is 61.5 Å². The van der Waals surface area contributed by atoms with Gasteiger partial charge in [0.05, 0.1) is 12.2 Å². The van der Waals surface area contributed by atoms with Crippen LogP contribution in [-0.4, -0.2) is 22.4 Å². The number of aliphatic hydroxyl groups is 2. The Labute approximate surface area is 180 Å². The summed E-state index contributed by atoms with van der Waals surface area (Å²) in [6, 6.07) is 16.8. The Morgan fingerprint density at radius 1 is 1.10 bits per heavy atom. The molecule has 0 spiro atoms. The third-order valence-corrected chi connectivity index (χ3v) is 6.72. The van der Waals surface area contributed by atoms with Crippen molar-refractivity contribution in [2.75, 3.05) is 0 Å². The maximum atomic E-state index is 10.6. The third kappa shape index (κ3) is 4.92. The Balaban J connectivity index is 1.36. The van der Waals surface area contributed by atoms with E-state index in [0.717, 1.165) is 30.4 Å². The van der Waals surface area contributed by atoms with Crippen LogP contribution in [-0.2, 0) is 19.4 Å². The van der Waals surface area contributed by atoms with E-state index in [0.29, 0.717) is 24.8 Å². The van der Waals surface area contributed by atoms with Crippen molar-refractivity contribution in [3.05, 3.63) is 94.6 Å². The molecule has 0 heterocycles. The van der Waals surface area contributed by atoms with E-state index in [1.807, 2.05) is 12.1 Å². The summed E-state index contributed by atoms with van der Waals surface area (Å²) in [5.74, 6) is 1.01. The van der Waals surface area contributed by atoms with Crippen LogP contribution >= 0.6 is 0 Å². The summed E-state index contributed by atoms with van der Waals surface area (Å²) in [7, 11) is 0. The quantitative estimate of drug-likeness (QED) is 0.610. The van der Waals surface area contributed by atoms with Crippen LogP contribution in [0.2, 0.25) is 0 Å². The predicted molar refractivity (Wildman–Crippen MR) is 122 cm³/mol. The standard InChI is InChI=1S/C27H33NO2/c1-18-3-2-4-21(11-18)14-24(29)9-10-25-26-15-22(13-23(26)16-27(25)30)12-19-5-7-20(17-28)8-6-19/h2-11,13,23-27,29-30H,12,14-17,28H2,1H3/b10-9+/t23-,24-,25+,26-,27+/m0/s1. The fourth-order valence-electron chi connectivity index (χ4n) is 5.20. The van der Waals surface area contributed by atoms with Crippen LogP contribution in [0.1, 0.15) is 35.1 Å². The number of nitrogens with two attached hydrogens (primary N) is 1. The zero-order valence-electron chi connectivity index (χ0n) is 17.7. The molecule has 2 aromatic carbocycles. The van der Waals surface area contributed by atoms with Gasteiger partial charge in [-0.25, -0.2) is 0 Å². The lowest BCUT2D eigenvalue weighted by molar-refractivity contribution is 0.140. The molecule has 30 heavy (non-hydrogen) atoms. The van der Waals surface area contributed by atoms with Crippen LogP contribution in [0.5, 0.6) is 0 Å². The minimum atomic E-state index is -0.520. The third-order valence-electron chi connectivity index (χ3n) is 6.72. The van der Waals surface area contributed by atoms with Gasteiger partial charge in [0, 0.05) is 18.9 Å². The zero-order chi connectivity index (χ0) is 21.1. The van der Waals surface area contributed by atoms with Crippen molar-refractivity contribution < 1.29 is 10.2 Å². The summed E-state index contributed by atoms with van der Waals surface area (Å²) in [6.45, 7) is 2.65. The second kappa shape index (κ2) is 9.30. The van der Waals surface area contributed by atoms with Crippen LogP contribution in [0.15, 0.2) is 72.3 Å². The fourth-order valence-corrected chi connectivity index (χ4v) is 5.20. The second-order valence-electron chi connectivity index (χ2n) is 9.08. The Bertz CT molecular complexity index is 915. The summed E-state index contributed by atoms with van der Waals surface area (Å²) in [5.41, 5.74) is 12.0. The number of fused-ring (bicyclic) bond motifs is 1. The van der Waals surface area contributed by atoms with Crippen LogP contribution in [0.4, 0.5) is 0 Å². The molecule has 5 atom stereocenters. The highest BCUT2D eigenvalue weighted by atomic mass is 16.3. The van der Waals surface area contributed by atoms with Gasteiger partial charge in [-0.05, 0) is 54.7 Å². The van der Waals surface area contributed by atoms with Crippen LogP contribution < -0.4 is 5.73 Å². The van der Waals surface area contributed by atoms with Crippen LogP contribution in [0.25, 0.3) is 0 Å². The molecule has 3 nitrogen and oxygen atoms in total. The molecule has 3 heteroatoms. The minimum Gasteiger partial charge on any atom is -0.392 e. The number of hydrogen-bond donors (Lipinski definition) is 3. The number of hydrogen-bond acceptors (Lipinski definition) is 3. The zero-order valence-corrected chi connectivity index (χ0v) is 17.7. The molecule has 2 aromatic rings. The normalized spacial score (nSPS) is 26.7. The van der Waals surface area contributed by atoms with Gasteiger partial charge in [-0.2, -0.15) is 0 Å². The predicted octanol–water partition coefficient (Wildman–Crippen LogP) is 4.10. The molecule has 0 unspecified atom stereocenters. The average Bonchev–Trinajstić information content (AvgIpc) is 3.23. The van der Waals surface area contributed by atoms with E-state index >= 15 is 0 Å². The summed E-state index contributed by atoms with van der Waals surface area (Å²) < 4.78 is 0. The van der Waals surface area contributed by atoms with E-state index in [1.54, 1.807) is 0 Å². The van der Waals surface area contributed by atoms with Gasteiger partial charge in [-0.1, -0.05) is 77.9 Å². The van der Waals surface area contributed by atoms with Crippen LogP contribution in [0.3, 0.4) is 0 Å². The lowest BCUT2D eigenvalue weighted by Crippen LogP contribution is -2.18. The first-order valence-corrected chi connectivity index (χ1v) is 11.1. The molecule has 0 saturated heterocycles. The molecule has 2 aliphatic carbocycles. The maximum Gasteiger partial charge on any atom is 0.0761 e. The molecule has 0 amide bonds. The molecule has 0 aromatic heterocycles. The molecule has 1 saturated carbocycles. The number of allylic oxidation sites excluding steroid dienone is 2. The topological polar surface area (TPSA) is 66.5 Å². The molecule has 0 bridgehead atoms. The fraction of sp³-hybridized carbons (Fsp3) is 0.407. The Morgan fingerprint density at radius 2 is 1.87 bits per heavy atom. The molecule has 4 N–H and O–H groups in total. The second-order valence-corrected chi connectivity index (χ2v) is 9.08. The number of aryl methyl sites for hydroxylation is 1. The monoisotopic (exact) mass is 403 g/mol. The van der Waals surface area contributed by atoms with Crippen molar-refractivity contribution in [3.8, 4) is 0 Å². The van der Waals surface area contributed by atoms with E-state index in [1.165, 1.54) is 16.7 Å². The highest BCUT2D eigenvalue weighted by Crippen LogP contribution is 2.47. The van der Waals surface area contributed by atoms with E-state index in [4.69, 9.17) is 5.73 Å². The van der Waals surface area contributed by atoms with Crippen molar-refractivity contribution in [1.82, 2.24) is 0 Å². The van der Waals surface area contributed by atoms with Gasteiger partial charge in [0.1, 0.15) is 0 Å². The Morgan fingerprint density at radius 3 is 2.60 bits per heavy atom. The molecule has 2 aliphatic rings. The molecular weight excluding hydrogens is 370 g/mol. The first-order valence-electron chi connectivity index (χ1n) is 11.1. The lowest BCUT2D eigenvalue weighted by Gasteiger charge is -2.19. The van der Waals surface area contributed by atoms with Crippen molar-refractivity contribution in [3.63, 3.8) is 0 Å². The average molecular weight is 404 g/mol. The molecule has 0 aliphatic heterocycles. The minimum absolute atomic E-state index is 0.121. The van der Waals surface area contributed by atoms with E-state index in [9.17, 15) is 10.2 Å². The Hall–Kier alpha value is -2.20. The molecule has 158 valence electrons. The molecular formula is C27H33NO2. The first-order chi connectivity index (χ1) is 14.5. The van der Waals surface area contributed by atoms with Crippen LogP contribution in [0, 0.1) is 24.7 Å². The van der Waals surface area contributed by atoms with Crippen molar-refractivity contribution in [2.24, 2.45) is 23.5 Å². The Kier molecular flexibility index (Phi) is 6.52. The van der Waals surface area contributed by atoms with Gasteiger partial charge >= 0.3 is 0 Å². The first kappa shape index (κ1) is 21.0. The van der Waals surface area contributed by atoms with Gasteiger partial charge in [-0.15, -0.1) is 0 Å². The van der Waals surface area contributed by atoms with Gasteiger partial charge in [0.25, 0.3) is 0 Å². The summed E-state index contributed by atoms with van der Waals surface area (Å²) in [4.78, 5) is 0. The number of benzene rings is 2. The largest absolute Gasteiger partial charge is 0.392 e. The number of rotatable bonds is 7. The van der Waals surface area contributed by atoms with Crippen molar-refractivity contribution >= 4 is 0 Å².